The third-order valence-electron chi connectivity index (χ3n) is 1.53. The first-order valence-electron chi connectivity index (χ1n) is 3.71. The number of nitrogen functional groups attached to an aromatic ring is 1. The maximum Gasteiger partial charge on any atom is 0.323 e. The van der Waals surface area contributed by atoms with E-state index in [9.17, 15) is 4.79 Å². The van der Waals surface area contributed by atoms with E-state index in [0.29, 0.717) is 5.82 Å². The second-order valence-corrected chi connectivity index (χ2v) is 3.02. The molecule has 76 valence electrons. The molecule has 1 aromatic heterocycles. The molecule has 0 amide bonds. The number of rotatable bonds is 3. The lowest BCUT2D eigenvalue weighted by atomic mass is 10.4. The summed E-state index contributed by atoms with van der Waals surface area (Å²) in [6.45, 7) is -0.198. The van der Waals surface area contributed by atoms with Crippen LogP contribution in [0.5, 0.6) is 0 Å². The van der Waals surface area contributed by atoms with E-state index in [0.717, 1.165) is 0 Å². The van der Waals surface area contributed by atoms with Crippen LogP contribution in [0.3, 0.4) is 0 Å². The molecule has 0 aliphatic heterocycles. The van der Waals surface area contributed by atoms with Crippen molar-refractivity contribution in [1.29, 1.82) is 0 Å². The van der Waals surface area contributed by atoms with Crippen molar-refractivity contribution in [2.24, 2.45) is 0 Å². The van der Waals surface area contributed by atoms with Crippen LogP contribution in [-0.2, 0) is 4.79 Å². The van der Waals surface area contributed by atoms with Crippen molar-refractivity contribution in [2.45, 2.75) is 0 Å². The fourth-order valence-electron chi connectivity index (χ4n) is 0.918. The van der Waals surface area contributed by atoms with Crippen molar-refractivity contribution in [3.63, 3.8) is 0 Å². The second kappa shape index (κ2) is 4.10. The molecule has 6 nitrogen and oxygen atoms in total. The fourth-order valence-corrected chi connectivity index (χ4v) is 1.16. The largest absolute Gasteiger partial charge is 0.480 e. The molecule has 0 aliphatic rings. The number of nitrogens with two attached hydrogens (primary N) is 1. The molecular formula is C7H9ClN4O2. The summed E-state index contributed by atoms with van der Waals surface area (Å²) in [6.07, 6.45) is 1.23. The Morgan fingerprint density at radius 3 is 2.93 bits per heavy atom. The van der Waals surface area contributed by atoms with E-state index >= 15 is 0 Å². The second-order valence-electron chi connectivity index (χ2n) is 2.65. The van der Waals surface area contributed by atoms with Crippen LogP contribution in [0.15, 0.2) is 6.33 Å². The predicted molar refractivity (Wildman–Crippen MR) is 52.4 cm³/mol. The number of hydrogen-bond donors (Lipinski definition) is 2. The average molecular weight is 217 g/mol. The van der Waals surface area contributed by atoms with Gasteiger partial charge in [0.2, 0.25) is 0 Å². The molecule has 1 rings (SSSR count). The average Bonchev–Trinajstić information content (AvgIpc) is 2.08. The molecule has 0 bridgehead atoms. The first-order valence-corrected chi connectivity index (χ1v) is 4.09. The van der Waals surface area contributed by atoms with Gasteiger partial charge in [0.15, 0.2) is 5.82 Å². The van der Waals surface area contributed by atoms with Crippen LogP contribution in [0.25, 0.3) is 0 Å². The maximum absolute atomic E-state index is 10.4. The van der Waals surface area contributed by atoms with E-state index in [1.54, 1.807) is 7.05 Å². The normalized spacial score (nSPS) is 9.86. The molecule has 1 aromatic rings. The van der Waals surface area contributed by atoms with Crippen LogP contribution in [0, 0.1) is 0 Å². The zero-order valence-corrected chi connectivity index (χ0v) is 8.19. The summed E-state index contributed by atoms with van der Waals surface area (Å²) < 4.78 is 0. The van der Waals surface area contributed by atoms with Gasteiger partial charge in [0, 0.05) is 7.05 Å². The van der Waals surface area contributed by atoms with E-state index in [4.69, 9.17) is 22.4 Å². The number of anilines is 2. The Balaban J connectivity index is 2.95. The highest BCUT2D eigenvalue weighted by Gasteiger charge is 2.13. The first kappa shape index (κ1) is 10.5. The van der Waals surface area contributed by atoms with Crippen LogP contribution in [0.4, 0.5) is 11.6 Å². The van der Waals surface area contributed by atoms with E-state index < -0.39 is 5.97 Å². The van der Waals surface area contributed by atoms with Gasteiger partial charge in [0.1, 0.15) is 23.7 Å². The van der Waals surface area contributed by atoms with Gasteiger partial charge in [-0.2, -0.15) is 0 Å². The lowest BCUT2D eigenvalue weighted by Gasteiger charge is -2.16. The Bertz CT molecular complexity index is 358. The predicted octanol–water partition coefficient (Wildman–Crippen LogP) is 0.233. The molecule has 7 heteroatoms. The molecule has 0 atom stereocenters. The molecule has 0 fully saturated rings. The SMILES string of the molecule is CN(CC(=O)O)c1ncnc(N)c1Cl. The van der Waals surface area contributed by atoms with Gasteiger partial charge in [-0.05, 0) is 0 Å². The molecule has 1 heterocycles. The zero-order valence-electron chi connectivity index (χ0n) is 7.44. The zero-order chi connectivity index (χ0) is 10.7. The van der Waals surface area contributed by atoms with Crippen LogP contribution in [0.2, 0.25) is 5.02 Å². The first-order chi connectivity index (χ1) is 6.52. The molecule has 0 saturated heterocycles. The van der Waals surface area contributed by atoms with Gasteiger partial charge in [-0.25, -0.2) is 9.97 Å². The van der Waals surface area contributed by atoms with Crippen LogP contribution < -0.4 is 10.6 Å². The van der Waals surface area contributed by atoms with Crippen molar-refractivity contribution < 1.29 is 9.90 Å². The maximum atomic E-state index is 10.4. The quantitative estimate of drug-likeness (QED) is 0.752. The Morgan fingerprint density at radius 2 is 2.36 bits per heavy atom. The summed E-state index contributed by atoms with van der Waals surface area (Å²) in [6, 6.07) is 0. The highest BCUT2D eigenvalue weighted by Crippen LogP contribution is 2.25. The van der Waals surface area contributed by atoms with E-state index in [-0.39, 0.29) is 17.4 Å². The number of nitrogens with zero attached hydrogens (tertiary/aromatic N) is 3. The number of aliphatic carboxylic acids is 1. The fraction of sp³-hybridized carbons (Fsp3) is 0.286. The van der Waals surface area contributed by atoms with Crippen molar-refractivity contribution in [2.75, 3.05) is 24.2 Å². The summed E-state index contributed by atoms with van der Waals surface area (Å²) in [4.78, 5) is 19.3. The van der Waals surface area contributed by atoms with Crippen LogP contribution >= 0.6 is 11.6 Å². The number of carbonyl (C=O) groups is 1. The monoisotopic (exact) mass is 216 g/mol. The van der Waals surface area contributed by atoms with Gasteiger partial charge >= 0.3 is 5.97 Å². The molecule has 14 heavy (non-hydrogen) atoms. The molecule has 3 N–H and O–H groups in total. The smallest absolute Gasteiger partial charge is 0.323 e. The number of hydrogen-bond acceptors (Lipinski definition) is 5. The lowest BCUT2D eigenvalue weighted by Crippen LogP contribution is -2.26. The minimum atomic E-state index is -0.972. The third kappa shape index (κ3) is 2.23. The van der Waals surface area contributed by atoms with Gasteiger partial charge in [0.25, 0.3) is 0 Å². The van der Waals surface area contributed by atoms with Gasteiger partial charge in [0.05, 0.1) is 0 Å². The molecule has 0 saturated carbocycles. The Hall–Kier alpha value is -1.56. The van der Waals surface area contributed by atoms with E-state index in [1.165, 1.54) is 11.2 Å². The summed E-state index contributed by atoms with van der Waals surface area (Å²) in [5.41, 5.74) is 5.43. The van der Waals surface area contributed by atoms with Crippen molar-refractivity contribution in [3.05, 3.63) is 11.3 Å². The third-order valence-corrected chi connectivity index (χ3v) is 1.89. The number of halogens is 1. The van der Waals surface area contributed by atoms with Gasteiger partial charge in [-0.3, -0.25) is 4.79 Å². The topological polar surface area (TPSA) is 92.3 Å². The summed E-state index contributed by atoms with van der Waals surface area (Å²) in [5.74, 6) is -0.531. The summed E-state index contributed by atoms with van der Waals surface area (Å²) >= 11 is 5.79. The Kier molecular flexibility index (Phi) is 3.08. The standard InChI is InChI=1S/C7H9ClN4O2/c1-12(2-4(13)14)7-5(8)6(9)10-3-11-7/h3H,2H2,1H3,(H,13,14)(H2,9,10,11). The Labute approximate surface area is 85.3 Å². The minimum absolute atomic E-state index is 0.133. The van der Waals surface area contributed by atoms with Crippen molar-refractivity contribution in [3.8, 4) is 0 Å². The molecule has 0 aliphatic carbocycles. The number of aromatic nitrogens is 2. The Morgan fingerprint density at radius 1 is 1.71 bits per heavy atom. The summed E-state index contributed by atoms with van der Waals surface area (Å²) in [7, 11) is 1.56. The van der Waals surface area contributed by atoms with Gasteiger partial charge in [-0.15, -0.1) is 0 Å². The molecule has 0 unspecified atom stereocenters. The van der Waals surface area contributed by atoms with Crippen LogP contribution in [-0.4, -0.2) is 34.6 Å². The highest BCUT2D eigenvalue weighted by molar-refractivity contribution is 6.35. The highest BCUT2D eigenvalue weighted by atomic mass is 35.5. The molecule has 0 spiro atoms. The summed E-state index contributed by atoms with van der Waals surface area (Å²) in [5, 5.41) is 8.71. The van der Waals surface area contributed by atoms with Crippen molar-refractivity contribution >= 4 is 29.2 Å². The number of likely N-dealkylation sites (N-methyl/N-ethyl adjacent to an activating group) is 1. The van der Waals surface area contributed by atoms with Crippen molar-refractivity contribution in [1.82, 2.24) is 9.97 Å². The lowest BCUT2D eigenvalue weighted by molar-refractivity contribution is -0.135. The number of carboxylic acids is 1. The molecular weight excluding hydrogens is 208 g/mol. The number of carboxylic acid groups (broad SMARTS) is 1. The molecule has 0 aromatic carbocycles. The minimum Gasteiger partial charge on any atom is -0.480 e. The van der Waals surface area contributed by atoms with Gasteiger partial charge in [-0.1, -0.05) is 11.6 Å². The van der Waals surface area contributed by atoms with Gasteiger partial charge < -0.3 is 15.7 Å². The van der Waals surface area contributed by atoms with Crippen LogP contribution in [0.1, 0.15) is 0 Å². The molecule has 0 radical (unpaired) electrons. The van der Waals surface area contributed by atoms with E-state index in [2.05, 4.69) is 9.97 Å². The van der Waals surface area contributed by atoms with E-state index in [1.807, 2.05) is 0 Å².